The van der Waals surface area contributed by atoms with Gasteiger partial charge in [0.15, 0.2) is 0 Å². The van der Waals surface area contributed by atoms with Crippen molar-refractivity contribution in [1.29, 1.82) is 0 Å². The first-order valence-corrected chi connectivity index (χ1v) is 9.34. The molecule has 0 aliphatic rings. The van der Waals surface area contributed by atoms with Gasteiger partial charge in [-0.1, -0.05) is 40.9 Å². The monoisotopic (exact) mass is 406 g/mol. The second kappa shape index (κ2) is 7.72. The molecule has 128 valence electrons. The number of hydrogen-bond donors (Lipinski definition) is 2. The summed E-state index contributed by atoms with van der Waals surface area (Å²) in [5, 5.41) is 3.25. The fourth-order valence-corrected chi connectivity index (χ4v) is 4.01. The van der Waals surface area contributed by atoms with E-state index in [1.807, 2.05) is 0 Å². The maximum absolute atomic E-state index is 12.4. The second-order valence-corrected chi connectivity index (χ2v) is 7.88. The molecule has 2 aromatic carbocycles. The van der Waals surface area contributed by atoms with Crippen LogP contribution >= 0.6 is 34.8 Å². The van der Waals surface area contributed by atoms with E-state index in [2.05, 4.69) is 10.0 Å². The molecule has 0 heterocycles. The first kappa shape index (κ1) is 19.0. The normalized spacial score (nSPS) is 12.7. The number of amides is 1. The highest BCUT2D eigenvalue weighted by molar-refractivity contribution is 7.89. The van der Waals surface area contributed by atoms with Crippen molar-refractivity contribution in [3.05, 3.63) is 57.5 Å². The Balaban J connectivity index is 2.14. The molecule has 0 aliphatic carbocycles. The Hall–Kier alpha value is -1.31. The Kier molecular flexibility index (Phi) is 6.11. The number of benzene rings is 2. The lowest BCUT2D eigenvalue weighted by Gasteiger charge is -2.15. The molecular formula is C15H13Cl3N2O3S. The van der Waals surface area contributed by atoms with Gasteiger partial charge in [0.05, 0.1) is 11.1 Å². The number of sulfonamides is 1. The molecule has 1 atom stereocenters. The van der Waals surface area contributed by atoms with Crippen LogP contribution < -0.4 is 10.0 Å². The third-order valence-electron chi connectivity index (χ3n) is 3.00. The lowest BCUT2D eigenvalue weighted by molar-refractivity contribution is -0.117. The molecule has 9 heteroatoms. The number of halogens is 3. The van der Waals surface area contributed by atoms with Gasteiger partial charge in [-0.15, -0.1) is 0 Å². The van der Waals surface area contributed by atoms with Crippen LogP contribution in [0.3, 0.4) is 0 Å². The van der Waals surface area contributed by atoms with Crippen LogP contribution in [-0.2, 0) is 14.8 Å². The minimum Gasteiger partial charge on any atom is -0.325 e. The van der Waals surface area contributed by atoms with Gasteiger partial charge in [-0.2, -0.15) is 4.72 Å². The van der Waals surface area contributed by atoms with Crippen molar-refractivity contribution in [2.24, 2.45) is 0 Å². The summed E-state index contributed by atoms with van der Waals surface area (Å²) in [6.45, 7) is 1.41. The van der Waals surface area contributed by atoms with E-state index in [0.717, 1.165) is 0 Å². The minimum absolute atomic E-state index is 0.00866. The van der Waals surface area contributed by atoms with E-state index in [9.17, 15) is 13.2 Å². The summed E-state index contributed by atoms with van der Waals surface area (Å²) in [5.41, 5.74) is 0.458. The number of carbonyl (C=O) groups is 1. The summed E-state index contributed by atoms with van der Waals surface area (Å²) in [6, 6.07) is 9.53. The van der Waals surface area contributed by atoms with Gasteiger partial charge in [-0.25, -0.2) is 8.42 Å². The lowest BCUT2D eigenvalue weighted by Crippen LogP contribution is -2.41. The fraction of sp³-hybridized carbons (Fsp3) is 0.133. The Labute approximate surface area is 155 Å². The van der Waals surface area contributed by atoms with Crippen LogP contribution in [0.15, 0.2) is 47.4 Å². The van der Waals surface area contributed by atoms with Gasteiger partial charge in [-0.3, -0.25) is 4.79 Å². The molecule has 2 aromatic rings. The molecular weight excluding hydrogens is 395 g/mol. The molecule has 0 radical (unpaired) electrons. The molecule has 5 nitrogen and oxygen atoms in total. The first-order valence-electron chi connectivity index (χ1n) is 6.73. The van der Waals surface area contributed by atoms with Crippen molar-refractivity contribution < 1.29 is 13.2 Å². The van der Waals surface area contributed by atoms with E-state index in [1.165, 1.54) is 25.1 Å². The van der Waals surface area contributed by atoms with E-state index >= 15 is 0 Å². The van der Waals surface area contributed by atoms with Gasteiger partial charge in [0.2, 0.25) is 15.9 Å². The Morgan fingerprint density at radius 2 is 1.71 bits per heavy atom. The Bertz CT molecular complexity index is 872. The zero-order chi connectivity index (χ0) is 17.9. The number of rotatable bonds is 5. The molecule has 24 heavy (non-hydrogen) atoms. The average molecular weight is 408 g/mol. The van der Waals surface area contributed by atoms with Crippen LogP contribution in [0.25, 0.3) is 0 Å². The van der Waals surface area contributed by atoms with Crippen LogP contribution in [0.4, 0.5) is 5.69 Å². The van der Waals surface area contributed by atoms with Gasteiger partial charge >= 0.3 is 0 Å². The predicted octanol–water partition coefficient (Wildman–Crippen LogP) is 3.95. The largest absolute Gasteiger partial charge is 0.325 e. The third kappa shape index (κ3) is 4.84. The van der Waals surface area contributed by atoms with Crippen molar-refractivity contribution in [3.63, 3.8) is 0 Å². The smallest absolute Gasteiger partial charge is 0.242 e. The molecule has 1 amide bonds. The van der Waals surface area contributed by atoms with Crippen molar-refractivity contribution in [3.8, 4) is 0 Å². The van der Waals surface area contributed by atoms with Gasteiger partial charge in [0.1, 0.15) is 4.90 Å². The van der Waals surface area contributed by atoms with E-state index < -0.39 is 22.0 Å². The van der Waals surface area contributed by atoms with Crippen LogP contribution in [0.5, 0.6) is 0 Å². The first-order chi connectivity index (χ1) is 11.2. The van der Waals surface area contributed by atoms with Gasteiger partial charge in [-0.05, 0) is 43.3 Å². The number of carbonyl (C=O) groups excluding carboxylic acids is 1. The molecule has 0 bridgehead atoms. The molecule has 0 aromatic heterocycles. The van der Waals surface area contributed by atoms with Gasteiger partial charge < -0.3 is 5.32 Å². The lowest BCUT2D eigenvalue weighted by atomic mass is 10.3. The number of anilines is 1. The summed E-state index contributed by atoms with van der Waals surface area (Å²) in [7, 11) is -4.01. The molecule has 0 saturated heterocycles. The van der Waals surface area contributed by atoms with Crippen molar-refractivity contribution >= 4 is 56.4 Å². The predicted molar refractivity (Wildman–Crippen MR) is 96.3 cm³/mol. The average Bonchev–Trinajstić information content (AvgIpc) is 2.49. The Morgan fingerprint density at radius 3 is 2.38 bits per heavy atom. The Morgan fingerprint density at radius 1 is 1.04 bits per heavy atom. The van der Waals surface area contributed by atoms with Crippen LogP contribution in [0.1, 0.15) is 6.92 Å². The zero-order valence-electron chi connectivity index (χ0n) is 12.4. The van der Waals surface area contributed by atoms with E-state index in [1.54, 1.807) is 24.3 Å². The van der Waals surface area contributed by atoms with Crippen LogP contribution in [-0.4, -0.2) is 20.4 Å². The molecule has 0 saturated carbocycles. The third-order valence-corrected chi connectivity index (χ3v) is 5.49. The number of hydrogen-bond acceptors (Lipinski definition) is 3. The van der Waals surface area contributed by atoms with Gasteiger partial charge in [0, 0.05) is 15.7 Å². The highest BCUT2D eigenvalue weighted by atomic mass is 35.5. The van der Waals surface area contributed by atoms with E-state index in [4.69, 9.17) is 34.8 Å². The summed E-state index contributed by atoms with van der Waals surface area (Å²) >= 11 is 17.5. The second-order valence-electron chi connectivity index (χ2n) is 4.92. The summed E-state index contributed by atoms with van der Waals surface area (Å²) in [5.74, 6) is -0.543. The molecule has 0 aliphatic heterocycles. The quantitative estimate of drug-likeness (QED) is 0.788. The highest BCUT2D eigenvalue weighted by Crippen LogP contribution is 2.25. The maximum atomic E-state index is 12.4. The molecule has 0 unspecified atom stereocenters. The van der Waals surface area contributed by atoms with Crippen molar-refractivity contribution in [2.75, 3.05) is 5.32 Å². The summed E-state index contributed by atoms with van der Waals surface area (Å²) in [4.78, 5) is 11.9. The maximum Gasteiger partial charge on any atom is 0.242 e. The topological polar surface area (TPSA) is 75.3 Å². The fourth-order valence-electron chi connectivity index (χ4n) is 1.85. The molecule has 2 N–H and O–H groups in total. The van der Waals surface area contributed by atoms with Crippen LogP contribution in [0, 0.1) is 0 Å². The molecule has 0 spiro atoms. The van der Waals surface area contributed by atoms with Crippen molar-refractivity contribution in [2.45, 2.75) is 17.9 Å². The van der Waals surface area contributed by atoms with Crippen molar-refractivity contribution in [1.82, 2.24) is 4.72 Å². The molecule has 0 fully saturated rings. The minimum atomic E-state index is -4.01. The van der Waals surface area contributed by atoms with Crippen LogP contribution in [0.2, 0.25) is 15.1 Å². The summed E-state index contributed by atoms with van der Waals surface area (Å²) in [6.07, 6.45) is 0. The van der Waals surface area contributed by atoms with E-state index in [0.29, 0.717) is 10.7 Å². The highest BCUT2D eigenvalue weighted by Gasteiger charge is 2.24. The molecule has 2 rings (SSSR count). The number of nitrogens with one attached hydrogen (secondary N) is 2. The summed E-state index contributed by atoms with van der Waals surface area (Å²) < 4.78 is 27.0. The van der Waals surface area contributed by atoms with E-state index in [-0.39, 0.29) is 14.9 Å². The standard InChI is InChI=1S/C15H13Cl3N2O3S/c1-9(15(21)19-12-4-2-3-10(16)7-12)20-24(22,23)14-8-11(17)5-6-13(14)18/h2-9,20H,1H3,(H,19,21)/t9-/m1/s1. The SMILES string of the molecule is C[C@@H](NS(=O)(=O)c1cc(Cl)ccc1Cl)C(=O)Nc1cccc(Cl)c1. The van der Waals surface area contributed by atoms with Gasteiger partial charge in [0.25, 0.3) is 0 Å². The zero-order valence-corrected chi connectivity index (χ0v) is 15.5.